The third kappa shape index (κ3) is 3.96. The van der Waals surface area contributed by atoms with E-state index in [1.54, 1.807) is 4.98 Å². The van der Waals surface area contributed by atoms with Gasteiger partial charge in [-0.1, -0.05) is 0 Å². The highest BCUT2D eigenvalue weighted by Gasteiger charge is 2.34. The summed E-state index contributed by atoms with van der Waals surface area (Å²) >= 11 is 0. The van der Waals surface area contributed by atoms with Gasteiger partial charge in [0, 0.05) is 0 Å². The number of hydrogen-bond acceptors (Lipinski definition) is 6. The molecule has 1 aromatic rings. The molecule has 0 radical (unpaired) electrons. The molecule has 0 unspecified atom stereocenters. The average molecular weight is 296 g/mol. The highest BCUT2D eigenvalue weighted by molar-refractivity contribution is 5.72. The summed E-state index contributed by atoms with van der Waals surface area (Å²) < 4.78 is 44.3. The fraction of sp³-hybridized carbons (Fsp3) is 0.333. The van der Waals surface area contributed by atoms with E-state index in [2.05, 4.69) is 9.47 Å². The highest BCUT2D eigenvalue weighted by atomic mass is 19.4. The molecule has 0 aliphatic heterocycles. The number of esters is 1. The molecule has 0 aromatic carbocycles. The number of carbonyl (C=O) groups is 1. The van der Waals surface area contributed by atoms with Gasteiger partial charge < -0.3 is 14.5 Å². The molecule has 0 aliphatic rings. The van der Waals surface area contributed by atoms with E-state index in [1.165, 1.54) is 0 Å². The van der Waals surface area contributed by atoms with E-state index in [9.17, 15) is 32.9 Å². The van der Waals surface area contributed by atoms with Gasteiger partial charge in [0.05, 0.1) is 30.2 Å². The van der Waals surface area contributed by atoms with Crippen LogP contribution in [0.2, 0.25) is 0 Å². The third-order valence-electron chi connectivity index (χ3n) is 2.03. The lowest BCUT2D eigenvalue weighted by atomic mass is 10.2. The van der Waals surface area contributed by atoms with Gasteiger partial charge in [0.1, 0.15) is 0 Å². The van der Waals surface area contributed by atoms with Crippen molar-refractivity contribution in [1.82, 2.24) is 4.98 Å². The number of rotatable bonds is 4. The van der Waals surface area contributed by atoms with Gasteiger partial charge in [0.15, 0.2) is 5.75 Å². The summed E-state index contributed by atoms with van der Waals surface area (Å²) in [6, 6.07) is 0.296. The number of H-pyrrole nitrogens is 1. The maximum atomic E-state index is 12.2. The lowest BCUT2D eigenvalue weighted by Crippen LogP contribution is -2.23. The number of carbonyl (C=O) groups excluding carboxylic acids is 1. The van der Waals surface area contributed by atoms with Gasteiger partial charge in [-0.2, -0.15) is 0 Å². The third-order valence-corrected chi connectivity index (χ3v) is 2.03. The standard InChI is InChI=1S/C9H7F3N2O6/c1-19-7(15)2-4-6(20-9(10,11)12)3-5(14(17)18)8(16)13-4/h3H,2H2,1H3,(H,13,16). The van der Waals surface area contributed by atoms with Crippen molar-refractivity contribution in [3.8, 4) is 5.75 Å². The molecule has 1 rings (SSSR count). The van der Waals surface area contributed by atoms with Crippen molar-refractivity contribution in [2.24, 2.45) is 0 Å². The molecule has 1 N–H and O–H groups in total. The van der Waals surface area contributed by atoms with E-state index >= 15 is 0 Å². The van der Waals surface area contributed by atoms with Gasteiger partial charge in [-0.25, -0.2) is 0 Å². The normalized spacial score (nSPS) is 11.0. The molecule has 0 fully saturated rings. The number of nitrogens with one attached hydrogen (secondary N) is 1. The number of nitrogens with zero attached hydrogens (tertiary/aromatic N) is 1. The van der Waals surface area contributed by atoms with Crippen molar-refractivity contribution in [3.63, 3.8) is 0 Å². The van der Waals surface area contributed by atoms with E-state index in [1.807, 2.05) is 0 Å². The first-order valence-electron chi connectivity index (χ1n) is 4.87. The maximum absolute atomic E-state index is 12.2. The molecule has 1 heterocycles. The zero-order chi connectivity index (χ0) is 15.5. The zero-order valence-electron chi connectivity index (χ0n) is 9.82. The predicted octanol–water partition coefficient (Wildman–Crippen LogP) is 0.897. The second-order valence-electron chi connectivity index (χ2n) is 3.38. The fourth-order valence-electron chi connectivity index (χ4n) is 1.24. The number of ether oxygens (including phenoxy) is 2. The Morgan fingerprint density at radius 1 is 1.50 bits per heavy atom. The molecule has 0 spiro atoms. The lowest BCUT2D eigenvalue weighted by molar-refractivity contribution is -0.386. The minimum atomic E-state index is -5.14. The molecule has 20 heavy (non-hydrogen) atoms. The Balaban J connectivity index is 3.33. The van der Waals surface area contributed by atoms with E-state index in [-0.39, 0.29) is 0 Å². The van der Waals surface area contributed by atoms with Gasteiger partial charge in [0.25, 0.3) is 0 Å². The first-order chi connectivity index (χ1) is 9.14. The minimum absolute atomic E-state index is 0.296. The Morgan fingerprint density at radius 3 is 2.55 bits per heavy atom. The number of methoxy groups -OCH3 is 1. The number of alkyl halides is 3. The van der Waals surface area contributed by atoms with Crippen molar-refractivity contribution in [3.05, 3.63) is 32.2 Å². The maximum Gasteiger partial charge on any atom is 0.573 e. The molecule has 8 nitrogen and oxygen atoms in total. The van der Waals surface area contributed by atoms with Crippen LogP contribution in [0.5, 0.6) is 5.75 Å². The molecule has 0 saturated heterocycles. The van der Waals surface area contributed by atoms with Crippen molar-refractivity contribution >= 4 is 11.7 Å². The topological polar surface area (TPSA) is 112 Å². The van der Waals surface area contributed by atoms with Crippen molar-refractivity contribution in [1.29, 1.82) is 0 Å². The Labute approximate surface area is 108 Å². The van der Waals surface area contributed by atoms with Crippen LogP contribution in [0.3, 0.4) is 0 Å². The summed E-state index contributed by atoms with van der Waals surface area (Å²) in [5.74, 6) is -2.00. The number of aromatic nitrogens is 1. The van der Waals surface area contributed by atoms with Gasteiger partial charge >= 0.3 is 23.6 Å². The largest absolute Gasteiger partial charge is 0.573 e. The van der Waals surface area contributed by atoms with E-state index < -0.39 is 46.4 Å². The SMILES string of the molecule is COC(=O)Cc1[nH]c(=O)c([N+](=O)[O-])cc1OC(F)(F)F. The summed E-state index contributed by atoms with van der Waals surface area (Å²) in [6.45, 7) is 0. The summed E-state index contributed by atoms with van der Waals surface area (Å²) in [6.07, 6.45) is -5.88. The molecule has 0 amide bonds. The van der Waals surface area contributed by atoms with Crippen molar-refractivity contribution in [2.75, 3.05) is 7.11 Å². The van der Waals surface area contributed by atoms with Crippen molar-refractivity contribution in [2.45, 2.75) is 12.8 Å². The first kappa shape index (κ1) is 15.5. The summed E-state index contributed by atoms with van der Waals surface area (Å²) in [7, 11) is 0.982. The molecule has 0 atom stereocenters. The second-order valence-corrected chi connectivity index (χ2v) is 3.38. The van der Waals surface area contributed by atoms with Gasteiger partial charge in [-0.05, 0) is 0 Å². The molecule has 0 saturated carbocycles. The van der Waals surface area contributed by atoms with Gasteiger partial charge in [0.2, 0.25) is 0 Å². The van der Waals surface area contributed by atoms with E-state index in [4.69, 9.17) is 0 Å². The van der Waals surface area contributed by atoms with Crippen LogP contribution in [0.15, 0.2) is 10.9 Å². The Bertz CT molecular complexity index is 594. The number of aromatic amines is 1. The van der Waals surface area contributed by atoms with Crippen LogP contribution in [0, 0.1) is 10.1 Å². The molecule has 11 heteroatoms. The van der Waals surface area contributed by atoms with E-state index in [0.29, 0.717) is 6.07 Å². The highest BCUT2D eigenvalue weighted by Crippen LogP contribution is 2.27. The molecule has 110 valence electrons. The predicted molar refractivity (Wildman–Crippen MR) is 56.1 cm³/mol. The second kappa shape index (κ2) is 5.59. The molecule has 1 aromatic heterocycles. The molecule has 0 aliphatic carbocycles. The molecular weight excluding hydrogens is 289 g/mol. The Hall–Kier alpha value is -2.59. The minimum Gasteiger partial charge on any atom is -0.469 e. The smallest absolute Gasteiger partial charge is 0.469 e. The van der Waals surface area contributed by atoms with Crippen LogP contribution >= 0.6 is 0 Å². The summed E-state index contributed by atoms with van der Waals surface area (Å²) in [5.41, 5.74) is -2.98. The van der Waals surface area contributed by atoms with Crippen LogP contribution in [-0.4, -0.2) is 29.3 Å². The van der Waals surface area contributed by atoms with Gasteiger partial charge in [-0.3, -0.25) is 19.7 Å². The van der Waals surface area contributed by atoms with Crippen LogP contribution in [0.1, 0.15) is 5.69 Å². The number of halogens is 3. The summed E-state index contributed by atoms with van der Waals surface area (Å²) in [5, 5.41) is 10.5. The van der Waals surface area contributed by atoms with Crippen LogP contribution in [-0.2, 0) is 16.0 Å². The zero-order valence-corrected chi connectivity index (χ0v) is 9.82. The molecule has 0 bridgehead atoms. The fourth-order valence-corrected chi connectivity index (χ4v) is 1.24. The number of nitro groups is 1. The Morgan fingerprint density at radius 2 is 2.10 bits per heavy atom. The van der Waals surface area contributed by atoms with Crippen molar-refractivity contribution < 1.29 is 32.4 Å². The average Bonchev–Trinajstić information content (AvgIpc) is 2.30. The monoisotopic (exact) mass is 296 g/mol. The molecular formula is C9H7F3N2O6. The number of pyridine rings is 1. The summed E-state index contributed by atoms with van der Waals surface area (Å²) in [4.78, 5) is 33.4. The quantitative estimate of drug-likeness (QED) is 0.502. The van der Waals surface area contributed by atoms with Crippen LogP contribution in [0.25, 0.3) is 0 Å². The van der Waals surface area contributed by atoms with Gasteiger partial charge in [-0.15, -0.1) is 13.2 Å². The number of hydrogen-bond donors (Lipinski definition) is 1. The Kier molecular flexibility index (Phi) is 4.32. The van der Waals surface area contributed by atoms with Crippen LogP contribution < -0.4 is 10.3 Å². The lowest BCUT2D eigenvalue weighted by Gasteiger charge is -2.12. The van der Waals surface area contributed by atoms with Crippen LogP contribution in [0.4, 0.5) is 18.9 Å². The first-order valence-corrected chi connectivity index (χ1v) is 4.87. The van der Waals surface area contributed by atoms with E-state index in [0.717, 1.165) is 7.11 Å².